The summed E-state index contributed by atoms with van der Waals surface area (Å²) in [5.74, 6) is 0. The Kier molecular flexibility index (Phi) is 6.14. The molecular weight excluding hydrogens is 324 g/mol. The van der Waals surface area contributed by atoms with Crippen molar-refractivity contribution in [3.05, 3.63) is 33.3 Å². The molecule has 106 valence electrons. The first kappa shape index (κ1) is 15.3. The summed E-state index contributed by atoms with van der Waals surface area (Å²) < 4.78 is 1.08. The lowest BCUT2D eigenvalue weighted by atomic mass is 10.1. The maximum atomic E-state index is 5.95. The first-order chi connectivity index (χ1) is 9.16. The minimum atomic E-state index is 0.617. The number of rotatable bonds is 5. The van der Waals surface area contributed by atoms with E-state index in [1.807, 2.05) is 12.1 Å². The van der Waals surface area contributed by atoms with Crippen LogP contribution in [0.1, 0.15) is 31.7 Å². The molecule has 1 heterocycles. The van der Waals surface area contributed by atoms with E-state index in [0.29, 0.717) is 6.04 Å². The van der Waals surface area contributed by atoms with Crippen molar-refractivity contribution in [2.45, 2.75) is 38.8 Å². The Morgan fingerprint density at radius 1 is 1.32 bits per heavy atom. The number of benzene rings is 1. The Labute approximate surface area is 129 Å². The number of nitrogens with one attached hydrogen (secondary N) is 1. The third kappa shape index (κ3) is 4.75. The van der Waals surface area contributed by atoms with E-state index < -0.39 is 0 Å². The molecular formula is C15H22BrClN2. The predicted molar refractivity (Wildman–Crippen MR) is 85.7 cm³/mol. The molecule has 0 aromatic heterocycles. The van der Waals surface area contributed by atoms with Gasteiger partial charge in [0.1, 0.15) is 0 Å². The summed E-state index contributed by atoms with van der Waals surface area (Å²) in [5, 5.41) is 4.32. The average molecular weight is 346 g/mol. The highest BCUT2D eigenvalue weighted by Gasteiger charge is 2.15. The molecule has 2 rings (SSSR count). The number of halogens is 2. The molecule has 1 saturated heterocycles. The maximum Gasteiger partial charge on any atom is 0.0417 e. The number of hydrogen-bond acceptors (Lipinski definition) is 2. The van der Waals surface area contributed by atoms with Gasteiger partial charge < -0.3 is 5.32 Å². The van der Waals surface area contributed by atoms with Crippen molar-refractivity contribution in [3.63, 3.8) is 0 Å². The minimum Gasteiger partial charge on any atom is -0.311 e. The van der Waals surface area contributed by atoms with Crippen LogP contribution in [0.3, 0.4) is 0 Å². The van der Waals surface area contributed by atoms with Crippen LogP contribution in [0.2, 0.25) is 5.02 Å². The average Bonchev–Trinajstić information content (AvgIpc) is 2.42. The van der Waals surface area contributed by atoms with E-state index in [1.54, 1.807) is 0 Å². The summed E-state index contributed by atoms with van der Waals surface area (Å²) in [6.45, 7) is 6.75. The second kappa shape index (κ2) is 7.63. The van der Waals surface area contributed by atoms with E-state index in [1.165, 1.54) is 37.9 Å². The summed E-state index contributed by atoms with van der Waals surface area (Å²) in [4.78, 5) is 2.59. The molecule has 0 spiro atoms. The van der Waals surface area contributed by atoms with Gasteiger partial charge >= 0.3 is 0 Å². The van der Waals surface area contributed by atoms with Gasteiger partial charge in [-0.3, -0.25) is 4.90 Å². The van der Waals surface area contributed by atoms with E-state index in [9.17, 15) is 0 Å². The van der Waals surface area contributed by atoms with Crippen molar-refractivity contribution in [2.75, 3.05) is 19.6 Å². The summed E-state index contributed by atoms with van der Waals surface area (Å²) in [6, 6.07) is 6.58. The zero-order valence-electron chi connectivity index (χ0n) is 11.5. The standard InChI is InChI=1S/C15H22BrClN2/c1-12(19-7-3-2-4-8-19)10-18-11-13-5-6-14(17)9-15(13)16/h5-6,9,12,18H,2-4,7-8,10-11H2,1H3. The van der Waals surface area contributed by atoms with E-state index in [4.69, 9.17) is 11.6 Å². The van der Waals surface area contributed by atoms with Crippen LogP contribution in [-0.2, 0) is 6.54 Å². The fourth-order valence-corrected chi connectivity index (χ4v) is 3.39. The Hall–Kier alpha value is -0.0900. The summed E-state index contributed by atoms with van der Waals surface area (Å²) in [5.41, 5.74) is 1.26. The van der Waals surface area contributed by atoms with Crippen LogP contribution in [0.4, 0.5) is 0 Å². The largest absolute Gasteiger partial charge is 0.311 e. The third-order valence-corrected chi connectivity index (χ3v) is 4.76. The highest BCUT2D eigenvalue weighted by atomic mass is 79.9. The number of piperidine rings is 1. The molecule has 1 aromatic rings. The Morgan fingerprint density at radius 2 is 2.05 bits per heavy atom. The number of hydrogen-bond donors (Lipinski definition) is 1. The van der Waals surface area contributed by atoms with Crippen LogP contribution in [-0.4, -0.2) is 30.6 Å². The Balaban J connectivity index is 1.76. The Morgan fingerprint density at radius 3 is 2.74 bits per heavy atom. The van der Waals surface area contributed by atoms with Gasteiger partial charge in [0.25, 0.3) is 0 Å². The van der Waals surface area contributed by atoms with Crippen molar-refractivity contribution >= 4 is 27.5 Å². The molecule has 4 heteroatoms. The maximum absolute atomic E-state index is 5.95. The van der Waals surface area contributed by atoms with E-state index in [2.05, 4.69) is 39.1 Å². The molecule has 2 nitrogen and oxygen atoms in total. The van der Waals surface area contributed by atoms with Gasteiger partial charge in [-0.25, -0.2) is 0 Å². The molecule has 1 fully saturated rings. The van der Waals surface area contributed by atoms with Crippen molar-refractivity contribution in [1.82, 2.24) is 10.2 Å². The monoisotopic (exact) mass is 344 g/mol. The Bertz CT molecular complexity index is 405. The van der Waals surface area contributed by atoms with Crippen molar-refractivity contribution < 1.29 is 0 Å². The zero-order chi connectivity index (χ0) is 13.7. The van der Waals surface area contributed by atoms with Crippen molar-refractivity contribution in [3.8, 4) is 0 Å². The van der Waals surface area contributed by atoms with Gasteiger partial charge in [-0.15, -0.1) is 0 Å². The first-order valence-corrected chi connectivity index (χ1v) is 8.22. The summed E-state index contributed by atoms with van der Waals surface area (Å²) >= 11 is 9.50. The molecule has 0 amide bonds. The molecule has 1 N–H and O–H groups in total. The second-order valence-electron chi connectivity index (χ2n) is 5.31. The molecule has 19 heavy (non-hydrogen) atoms. The smallest absolute Gasteiger partial charge is 0.0417 e. The van der Waals surface area contributed by atoms with Gasteiger partial charge in [0, 0.05) is 28.6 Å². The molecule has 0 saturated carbocycles. The van der Waals surface area contributed by atoms with Gasteiger partial charge in [0.15, 0.2) is 0 Å². The minimum absolute atomic E-state index is 0.617. The topological polar surface area (TPSA) is 15.3 Å². The van der Waals surface area contributed by atoms with Gasteiger partial charge in [-0.2, -0.15) is 0 Å². The summed E-state index contributed by atoms with van der Waals surface area (Å²) in [6.07, 6.45) is 4.11. The molecule has 0 aliphatic carbocycles. The van der Waals surface area contributed by atoms with Crippen LogP contribution in [0.15, 0.2) is 22.7 Å². The molecule has 1 atom stereocenters. The third-order valence-electron chi connectivity index (χ3n) is 3.78. The lowest BCUT2D eigenvalue weighted by Gasteiger charge is -2.32. The van der Waals surface area contributed by atoms with E-state index in [0.717, 1.165) is 22.6 Å². The van der Waals surface area contributed by atoms with Crippen LogP contribution in [0, 0.1) is 0 Å². The molecule has 1 aliphatic heterocycles. The fourth-order valence-electron chi connectivity index (χ4n) is 2.57. The first-order valence-electron chi connectivity index (χ1n) is 7.05. The number of likely N-dealkylation sites (tertiary alicyclic amines) is 1. The SMILES string of the molecule is CC(CNCc1ccc(Cl)cc1Br)N1CCCCC1. The second-order valence-corrected chi connectivity index (χ2v) is 6.60. The highest BCUT2D eigenvalue weighted by Crippen LogP contribution is 2.21. The van der Waals surface area contributed by atoms with Gasteiger partial charge in [-0.1, -0.05) is 40.0 Å². The van der Waals surface area contributed by atoms with Gasteiger partial charge in [0.05, 0.1) is 0 Å². The normalized spacial score (nSPS) is 18.5. The lowest BCUT2D eigenvalue weighted by molar-refractivity contribution is 0.170. The molecule has 0 radical (unpaired) electrons. The van der Waals surface area contributed by atoms with Crippen LogP contribution >= 0.6 is 27.5 Å². The van der Waals surface area contributed by atoms with Crippen LogP contribution in [0.25, 0.3) is 0 Å². The van der Waals surface area contributed by atoms with Crippen molar-refractivity contribution in [1.29, 1.82) is 0 Å². The predicted octanol–water partition coefficient (Wildman–Crippen LogP) is 4.07. The van der Waals surface area contributed by atoms with E-state index >= 15 is 0 Å². The quantitative estimate of drug-likeness (QED) is 0.865. The van der Waals surface area contributed by atoms with E-state index in [-0.39, 0.29) is 0 Å². The number of nitrogens with zero attached hydrogens (tertiary/aromatic N) is 1. The molecule has 1 aliphatic rings. The molecule has 0 bridgehead atoms. The highest BCUT2D eigenvalue weighted by molar-refractivity contribution is 9.10. The summed E-state index contributed by atoms with van der Waals surface area (Å²) in [7, 11) is 0. The molecule has 1 unspecified atom stereocenters. The van der Waals surface area contributed by atoms with Crippen LogP contribution in [0.5, 0.6) is 0 Å². The fraction of sp³-hybridized carbons (Fsp3) is 0.600. The van der Waals surface area contributed by atoms with Crippen LogP contribution < -0.4 is 5.32 Å². The van der Waals surface area contributed by atoms with Gasteiger partial charge in [-0.05, 0) is 50.6 Å². The zero-order valence-corrected chi connectivity index (χ0v) is 13.8. The van der Waals surface area contributed by atoms with Crippen molar-refractivity contribution in [2.24, 2.45) is 0 Å². The lowest BCUT2D eigenvalue weighted by Crippen LogP contribution is -2.42. The molecule has 1 aromatic carbocycles. The van der Waals surface area contributed by atoms with Gasteiger partial charge in [0.2, 0.25) is 0 Å².